The maximum Gasteiger partial charge on any atom is 0.243 e. The van der Waals surface area contributed by atoms with Crippen molar-refractivity contribution in [3.8, 4) is 0 Å². The predicted molar refractivity (Wildman–Crippen MR) is 102 cm³/mol. The first-order valence-electron chi connectivity index (χ1n) is 8.51. The van der Waals surface area contributed by atoms with E-state index in [1.165, 1.54) is 4.31 Å². The summed E-state index contributed by atoms with van der Waals surface area (Å²) in [5.41, 5.74) is 3.01. The van der Waals surface area contributed by atoms with Gasteiger partial charge in [0.25, 0.3) is 0 Å². The van der Waals surface area contributed by atoms with Gasteiger partial charge in [-0.1, -0.05) is 54.6 Å². The van der Waals surface area contributed by atoms with Crippen LogP contribution in [-0.4, -0.2) is 19.3 Å². The second kappa shape index (κ2) is 6.94. The van der Waals surface area contributed by atoms with Crippen LogP contribution in [0.4, 0.5) is 0 Å². The fourth-order valence-corrected chi connectivity index (χ4v) is 4.50. The fraction of sp³-hybridized carbons (Fsp3) is 0.143. The highest BCUT2D eigenvalue weighted by molar-refractivity contribution is 7.89. The lowest BCUT2D eigenvalue weighted by atomic mass is 10.1. The van der Waals surface area contributed by atoms with Crippen molar-refractivity contribution < 1.29 is 12.8 Å². The van der Waals surface area contributed by atoms with Gasteiger partial charge < -0.3 is 4.42 Å². The lowest BCUT2D eigenvalue weighted by molar-refractivity contribution is 0.362. The van der Waals surface area contributed by atoms with Crippen molar-refractivity contribution in [2.45, 2.75) is 17.9 Å². The van der Waals surface area contributed by atoms with E-state index in [-0.39, 0.29) is 0 Å². The third-order valence-electron chi connectivity index (χ3n) is 4.56. The number of rotatable bonds is 4. The predicted octanol–water partition coefficient (Wildman–Crippen LogP) is 4.20. The minimum absolute atomic E-state index is 0.321. The Labute approximate surface area is 153 Å². The zero-order valence-corrected chi connectivity index (χ0v) is 15.0. The van der Waals surface area contributed by atoms with Crippen LogP contribution in [0.3, 0.4) is 0 Å². The third kappa shape index (κ3) is 3.36. The van der Waals surface area contributed by atoms with Crippen LogP contribution in [-0.2, 0) is 23.0 Å². The lowest BCUT2D eigenvalue weighted by Crippen LogP contribution is -2.35. The van der Waals surface area contributed by atoms with E-state index in [4.69, 9.17) is 4.42 Å². The van der Waals surface area contributed by atoms with Gasteiger partial charge in [0, 0.05) is 25.1 Å². The van der Waals surface area contributed by atoms with Gasteiger partial charge in [-0.2, -0.15) is 4.31 Å². The number of furan rings is 1. The summed E-state index contributed by atoms with van der Waals surface area (Å²) in [6, 6.07) is 18.8. The first-order chi connectivity index (χ1) is 12.6. The average molecular weight is 365 g/mol. The van der Waals surface area contributed by atoms with Gasteiger partial charge in [0.15, 0.2) is 0 Å². The Kier molecular flexibility index (Phi) is 4.49. The summed E-state index contributed by atoms with van der Waals surface area (Å²) in [7, 11) is -3.50. The quantitative estimate of drug-likeness (QED) is 0.651. The molecule has 0 bridgehead atoms. The second-order valence-corrected chi connectivity index (χ2v) is 8.21. The molecule has 2 aromatic carbocycles. The Morgan fingerprint density at radius 2 is 1.58 bits per heavy atom. The van der Waals surface area contributed by atoms with Gasteiger partial charge in [0.1, 0.15) is 5.76 Å². The van der Waals surface area contributed by atoms with Crippen molar-refractivity contribution in [3.63, 3.8) is 0 Å². The standard InChI is InChI=1S/C21H19NO3S/c23-26(24,22-14-12-21-19(16-22)13-15-25-21)20-10-8-18(9-11-20)7-6-17-4-2-1-3-5-17/h1-11,13,15H,12,14,16H2. The summed E-state index contributed by atoms with van der Waals surface area (Å²) in [5.74, 6) is 0.887. The zero-order valence-electron chi connectivity index (χ0n) is 14.2. The molecule has 0 N–H and O–H groups in total. The van der Waals surface area contributed by atoms with E-state index in [0.717, 1.165) is 22.5 Å². The Hall–Kier alpha value is -2.63. The summed E-state index contributed by atoms with van der Waals surface area (Å²) >= 11 is 0. The summed E-state index contributed by atoms with van der Waals surface area (Å²) < 4.78 is 32.7. The van der Waals surface area contributed by atoms with Crippen molar-refractivity contribution in [1.29, 1.82) is 0 Å². The van der Waals surface area contributed by atoms with Gasteiger partial charge in [-0.25, -0.2) is 8.42 Å². The molecule has 0 saturated heterocycles. The molecule has 3 aromatic rings. The molecule has 0 amide bonds. The van der Waals surface area contributed by atoms with Crippen LogP contribution >= 0.6 is 0 Å². The topological polar surface area (TPSA) is 50.5 Å². The van der Waals surface area contributed by atoms with Gasteiger partial charge in [0.05, 0.1) is 11.2 Å². The molecule has 0 unspecified atom stereocenters. The van der Waals surface area contributed by atoms with Gasteiger partial charge in [-0.05, 0) is 29.3 Å². The molecule has 0 radical (unpaired) electrons. The van der Waals surface area contributed by atoms with E-state index in [1.807, 2.05) is 60.7 Å². The van der Waals surface area contributed by atoms with Crippen LogP contribution in [0.5, 0.6) is 0 Å². The van der Waals surface area contributed by atoms with Crippen LogP contribution in [0.1, 0.15) is 22.5 Å². The van der Waals surface area contributed by atoms with E-state index >= 15 is 0 Å². The molecule has 1 aromatic heterocycles. The van der Waals surface area contributed by atoms with E-state index < -0.39 is 10.0 Å². The maximum absolute atomic E-state index is 12.9. The molecular formula is C21H19NO3S. The zero-order chi connectivity index (χ0) is 18.0. The molecule has 0 aliphatic carbocycles. The smallest absolute Gasteiger partial charge is 0.243 e. The average Bonchev–Trinajstić information content (AvgIpc) is 3.15. The van der Waals surface area contributed by atoms with E-state index in [9.17, 15) is 8.42 Å². The Morgan fingerprint density at radius 1 is 0.885 bits per heavy atom. The summed E-state index contributed by atoms with van der Waals surface area (Å²) in [6.45, 7) is 0.808. The van der Waals surface area contributed by atoms with Crippen LogP contribution in [0.15, 0.2) is 76.2 Å². The van der Waals surface area contributed by atoms with E-state index in [0.29, 0.717) is 24.4 Å². The summed E-state index contributed by atoms with van der Waals surface area (Å²) in [4.78, 5) is 0.321. The molecule has 0 fully saturated rings. The fourth-order valence-electron chi connectivity index (χ4n) is 3.08. The molecule has 0 saturated carbocycles. The minimum atomic E-state index is -3.50. The molecule has 132 valence electrons. The van der Waals surface area contributed by atoms with Gasteiger partial charge >= 0.3 is 0 Å². The molecule has 4 nitrogen and oxygen atoms in total. The first-order valence-corrected chi connectivity index (χ1v) is 9.95. The SMILES string of the molecule is O=S(=O)(c1ccc(C=Cc2ccccc2)cc1)N1CCc2occc2C1. The highest BCUT2D eigenvalue weighted by Gasteiger charge is 2.29. The van der Waals surface area contributed by atoms with Gasteiger partial charge in [-0.3, -0.25) is 0 Å². The van der Waals surface area contributed by atoms with Crippen LogP contribution in [0, 0.1) is 0 Å². The van der Waals surface area contributed by atoms with Crippen molar-refractivity contribution in [3.05, 3.63) is 89.4 Å². The molecule has 1 aliphatic rings. The third-order valence-corrected chi connectivity index (χ3v) is 6.42. The number of hydrogen-bond donors (Lipinski definition) is 0. The summed E-state index contributed by atoms with van der Waals surface area (Å²) in [6.07, 6.45) is 6.22. The Balaban J connectivity index is 1.52. The Morgan fingerprint density at radius 3 is 2.31 bits per heavy atom. The minimum Gasteiger partial charge on any atom is -0.469 e. The monoisotopic (exact) mass is 365 g/mol. The molecular weight excluding hydrogens is 346 g/mol. The highest BCUT2D eigenvalue weighted by atomic mass is 32.2. The number of nitrogens with zero attached hydrogens (tertiary/aromatic N) is 1. The van der Waals surface area contributed by atoms with E-state index in [2.05, 4.69) is 0 Å². The molecule has 4 rings (SSSR count). The molecule has 26 heavy (non-hydrogen) atoms. The van der Waals surface area contributed by atoms with E-state index in [1.54, 1.807) is 18.4 Å². The normalized spacial score (nSPS) is 15.2. The van der Waals surface area contributed by atoms with Crippen molar-refractivity contribution in [2.24, 2.45) is 0 Å². The lowest BCUT2D eigenvalue weighted by Gasteiger charge is -2.25. The van der Waals surface area contributed by atoms with Gasteiger partial charge in [0.2, 0.25) is 10.0 Å². The number of hydrogen-bond acceptors (Lipinski definition) is 3. The molecule has 5 heteroatoms. The van der Waals surface area contributed by atoms with Crippen LogP contribution in [0.25, 0.3) is 12.2 Å². The van der Waals surface area contributed by atoms with Crippen molar-refractivity contribution in [2.75, 3.05) is 6.54 Å². The molecule has 0 atom stereocenters. The molecule has 0 spiro atoms. The van der Waals surface area contributed by atoms with Crippen molar-refractivity contribution >= 4 is 22.2 Å². The molecule has 2 heterocycles. The maximum atomic E-state index is 12.9. The largest absolute Gasteiger partial charge is 0.469 e. The number of sulfonamides is 1. The number of benzene rings is 2. The Bertz CT molecular complexity index is 1020. The summed E-state index contributed by atoms with van der Waals surface area (Å²) in [5, 5.41) is 0. The van der Waals surface area contributed by atoms with Gasteiger partial charge in [-0.15, -0.1) is 0 Å². The first kappa shape index (κ1) is 16.8. The second-order valence-electron chi connectivity index (χ2n) is 6.27. The van der Waals surface area contributed by atoms with Crippen LogP contribution in [0.2, 0.25) is 0 Å². The highest BCUT2D eigenvalue weighted by Crippen LogP contribution is 2.25. The number of fused-ring (bicyclic) bond motifs is 1. The molecule has 1 aliphatic heterocycles. The van der Waals surface area contributed by atoms with Crippen molar-refractivity contribution in [1.82, 2.24) is 4.31 Å². The van der Waals surface area contributed by atoms with Crippen LogP contribution < -0.4 is 0 Å².